The Hall–Kier alpha value is -0.370. The van der Waals surface area contributed by atoms with Gasteiger partial charge in [-0.3, -0.25) is 9.69 Å². The number of carbonyl (C=O) groups excluding carboxylic acids is 1. The normalized spacial score (nSPS) is 26.9. The summed E-state index contributed by atoms with van der Waals surface area (Å²) >= 11 is 0. The summed E-state index contributed by atoms with van der Waals surface area (Å²) in [5.74, 6) is 1.26. The van der Waals surface area contributed by atoms with Gasteiger partial charge in [-0.05, 0) is 38.1 Å². The summed E-state index contributed by atoms with van der Waals surface area (Å²) in [6, 6.07) is 1.41. The van der Waals surface area contributed by atoms with Crippen molar-refractivity contribution in [1.82, 2.24) is 4.90 Å². The van der Waals surface area contributed by atoms with E-state index < -0.39 is 0 Å². The van der Waals surface area contributed by atoms with Crippen LogP contribution >= 0.6 is 0 Å². The third-order valence-electron chi connectivity index (χ3n) is 3.67. The molecule has 0 bridgehead atoms. The molecule has 0 aliphatic heterocycles. The van der Waals surface area contributed by atoms with Crippen molar-refractivity contribution in [3.05, 3.63) is 0 Å². The van der Waals surface area contributed by atoms with E-state index in [1.165, 1.54) is 25.8 Å². The van der Waals surface area contributed by atoms with Gasteiger partial charge in [0, 0.05) is 24.9 Å². The molecule has 0 spiro atoms. The highest BCUT2D eigenvalue weighted by atomic mass is 16.1. The molecule has 2 heteroatoms. The molecule has 1 atom stereocenters. The second kappa shape index (κ2) is 4.65. The third kappa shape index (κ3) is 3.04. The zero-order valence-corrected chi connectivity index (χ0v) is 10.0. The number of rotatable bonds is 5. The molecular weight excluding hydrogens is 186 g/mol. The Labute approximate surface area is 93.0 Å². The van der Waals surface area contributed by atoms with E-state index in [0.717, 1.165) is 31.2 Å². The molecule has 1 unspecified atom stereocenters. The summed E-state index contributed by atoms with van der Waals surface area (Å²) in [6.07, 6.45) is 6.78. The van der Waals surface area contributed by atoms with Crippen molar-refractivity contribution in [3.8, 4) is 0 Å². The Balaban J connectivity index is 1.85. The molecule has 0 amide bonds. The third-order valence-corrected chi connectivity index (χ3v) is 3.67. The van der Waals surface area contributed by atoms with E-state index in [1.807, 2.05) is 0 Å². The molecule has 2 saturated carbocycles. The lowest BCUT2D eigenvalue weighted by Gasteiger charge is -2.28. The van der Waals surface area contributed by atoms with Crippen LogP contribution in [0.4, 0.5) is 0 Å². The minimum Gasteiger partial charge on any atom is -0.300 e. The second-order valence-electron chi connectivity index (χ2n) is 5.59. The number of hydrogen-bond donors (Lipinski definition) is 0. The van der Waals surface area contributed by atoms with Crippen LogP contribution in [0.3, 0.4) is 0 Å². The van der Waals surface area contributed by atoms with Gasteiger partial charge >= 0.3 is 0 Å². The molecule has 15 heavy (non-hydrogen) atoms. The fourth-order valence-corrected chi connectivity index (χ4v) is 2.55. The summed E-state index contributed by atoms with van der Waals surface area (Å²) in [4.78, 5) is 13.9. The first-order valence-electron chi connectivity index (χ1n) is 6.44. The van der Waals surface area contributed by atoms with E-state index in [2.05, 4.69) is 18.7 Å². The van der Waals surface area contributed by atoms with Crippen LogP contribution in [0.1, 0.15) is 52.4 Å². The van der Waals surface area contributed by atoms with Gasteiger partial charge in [0.05, 0.1) is 0 Å². The summed E-state index contributed by atoms with van der Waals surface area (Å²) in [5.41, 5.74) is 0. The van der Waals surface area contributed by atoms with E-state index in [-0.39, 0.29) is 0 Å². The van der Waals surface area contributed by atoms with Crippen molar-refractivity contribution in [2.75, 3.05) is 6.54 Å². The Bertz CT molecular complexity index is 233. The monoisotopic (exact) mass is 209 g/mol. The van der Waals surface area contributed by atoms with Crippen LogP contribution < -0.4 is 0 Å². The van der Waals surface area contributed by atoms with Crippen LogP contribution in [0.5, 0.6) is 0 Å². The zero-order chi connectivity index (χ0) is 10.8. The van der Waals surface area contributed by atoms with Gasteiger partial charge in [0.15, 0.2) is 0 Å². The Morgan fingerprint density at radius 1 is 1.27 bits per heavy atom. The minimum absolute atomic E-state index is 0.482. The average molecular weight is 209 g/mol. The van der Waals surface area contributed by atoms with E-state index in [0.29, 0.717) is 11.8 Å². The molecule has 0 radical (unpaired) electrons. The summed E-state index contributed by atoms with van der Waals surface area (Å²) in [6.45, 7) is 5.77. The molecule has 2 rings (SSSR count). The highest BCUT2D eigenvalue weighted by Gasteiger charge is 2.36. The number of ketones is 1. The van der Waals surface area contributed by atoms with Gasteiger partial charge in [0.2, 0.25) is 0 Å². The first kappa shape index (κ1) is 11.1. The van der Waals surface area contributed by atoms with E-state index >= 15 is 0 Å². The minimum atomic E-state index is 0.482. The van der Waals surface area contributed by atoms with Crippen molar-refractivity contribution >= 4 is 5.78 Å². The van der Waals surface area contributed by atoms with Gasteiger partial charge in [-0.25, -0.2) is 0 Å². The molecule has 2 fully saturated rings. The van der Waals surface area contributed by atoms with E-state index in [9.17, 15) is 4.79 Å². The van der Waals surface area contributed by atoms with Gasteiger partial charge in [0.25, 0.3) is 0 Å². The number of Topliss-reactive ketones (excluding diaryl/α,β-unsaturated/α-hetero) is 1. The zero-order valence-electron chi connectivity index (χ0n) is 10.0. The lowest BCUT2D eigenvalue weighted by atomic mass is 10.1. The fraction of sp³-hybridized carbons (Fsp3) is 0.923. The summed E-state index contributed by atoms with van der Waals surface area (Å²) in [5, 5.41) is 0. The molecule has 0 saturated heterocycles. The Morgan fingerprint density at radius 2 is 2.00 bits per heavy atom. The lowest BCUT2D eigenvalue weighted by Crippen LogP contribution is -2.36. The molecule has 2 aliphatic rings. The maximum atomic E-state index is 11.3. The summed E-state index contributed by atoms with van der Waals surface area (Å²) in [7, 11) is 0. The lowest BCUT2D eigenvalue weighted by molar-refractivity contribution is -0.117. The first-order chi connectivity index (χ1) is 7.16. The van der Waals surface area contributed by atoms with Crippen LogP contribution in [0.15, 0.2) is 0 Å². The van der Waals surface area contributed by atoms with E-state index in [1.54, 1.807) is 0 Å². The van der Waals surface area contributed by atoms with Gasteiger partial charge in [-0.1, -0.05) is 13.8 Å². The second-order valence-corrected chi connectivity index (χ2v) is 5.59. The molecule has 0 aromatic heterocycles. The van der Waals surface area contributed by atoms with Gasteiger partial charge in [-0.2, -0.15) is 0 Å². The van der Waals surface area contributed by atoms with Crippen molar-refractivity contribution in [1.29, 1.82) is 0 Å². The van der Waals surface area contributed by atoms with Gasteiger partial charge in [0.1, 0.15) is 5.78 Å². The largest absolute Gasteiger partial charge is 0.300 e. The van der Waals surface area contributed by atoms with Crippen molar-refractivity contribution in [2.24, 2.45) is 5.92 Å². The maximum absolute atomic E-state index is 11.3. The molecule has 2 aliphatic carbocycles. The molecule has 2 nitrogen and oxygen atoms in total. The van der Waals surface area contributed by atoms with Gasteiger partial charge < -0.3 is 0 Å². The Kier molecular flexibility index (Phi) is 3.45. The van der Waals surface area contributed by atoms with Crippen LogP contribution in [0.2, 0.25) is 0 Å². The molecule has 0 heterocycles. The standard InChI is InChI=1S/C13H23NO/c1-10(2)7-8-14(11-3-4-11)12-5-6-13(15)9-12/h10-12H,3-9H2,1-2H3. The topological polar surface area (TPSA) is 20.3 Å². The number of hydrogen-bond acceptors (Lipinski definition) is 2. The highest BCUT2D eigenvalue weighted by Crippen LogP contribution is 2.33. The van der Waals surface area contributed by atoms with Crippen LogP contribution in [-0.4, -0.2) is 29.3 Å². The van der Waals surface area contributed by atoms with Crippen LogP contribution in [0.25, 0.3) is 0 Å². The predicted octanol–water partition coefficient (Wildman–Crippen LogP) is 2.62. The predicted molar refractivity (Wildman–Crippen MR) is 61.8 cm³/mol. The van der Waals surface area contributed by atoms with E-state index in [4.69, 9.17) is 0 Å². The fourth-order valence-electron chi connectivity index (χ4n) is 2.55. The van der Waals surface area contributed by atoms with Crippen LogP contribution in [0, 0.1) is 5.92 Å². The van der Waals surface area contributed by atoms with Crippen molar-refractivity contribution in [2.45, 2.75) is 64.5 Å². The quantitative estimate of drug-likeness (QED) is 0.693. The molecular formula is C13H23NO. The molecule has 0 N–H and O–H groups in total. The first-order valence-corrected chi connectivity index (χ1v) is 6.44. The molecule has 0 aromatic carbocycles. The van der Waals surface area contributed by atoms with Gasteiger partial charge in [-0.15, -0.1) is 0 Å². The average Bonchev–Trinajstić information content (AvgIpc) is 2.90. The molecule has 0 aromatic rings. The van der Waals surface area contributed by atoms with Crippen molar-refractivity contribution < 1.29 is 4.79 Å². The highest BCUT2D eigenvalue weighted by molar-refractivity contribution is 5.81. The molecule has 86 valence electrons. The number of carbonyl (C=O) groups is 1. The van der Waals surface area contributed by atoms with Crippen molar-refractivity contribution in [3.63, 3.8) is 0 Å². The summed E-state index contributed by atoms with van der Waals surface area (Å²) < 4.78 is 0. The SMILES string of the molecule is CC(C)CCN(C1CC1)C1CCC(=O)C1. The smallest absolute Gasteiger partial charge is 0.134 e. The number of nitrogens with zero attached hydrogens (tertiary/aromatic N) is 1. The maximum Gasteiger partial charge on any atom is 0.134 e. The van der Waals surface area contributed by atoms with Crippen LogP contribution in [-0.2, 0) is 4.79 Å². The Morgan fingerprint density at radius 3 is 2.47 bits per heavy atom.